The molecule has 0 spiro atoms. The van der Waals surface area contributed by atoms with E-state index in [-0.39, 0.29) is 223 Å². The summed E-state index contributed by atoms with van der Waals surface area (Å²) in [6.45, 7) is 27.6. The Balaban J connectivity index is 0.000000286. The summed E-state index contributed by atoms with van der Waals surface area (Å²) in [6, 6.07) is -6.48. The lowest BCUT2D eigenvalue weighted by molar-refractivity contribution is -0.197. The van der Waals surface area contributed by atoms with E-state index in [0.717, 1.165) is 32.1 Å². The molecule has 20 amide bonds. The highest BCUT2D eigenvalue weighted by atomic mass is 16.8. The number of nitrogens with one attached hydrogen (secondary N) is 10. The molecule has 50 heteroatoms. The van der Waals surface area contributed by atoms with Crippen molar-refractivity contribution in [2.24, 2.45) is 29.6 Å². The monoisotopic (exact) mass is 2090 g/mol. The molecule has 810 valence electrons. The van der Waals surface area contributed by atoms with Gasteiger partial charge in [-0.1, -0.05) is 69.2 Å². The van der Waals surface area contributed by atoms with Gasteiger partial charge in [-0.05, 0) is 127 Å². The first-order valence-corrected chi connectivity index (χ1v) is 50.0. The Kier molecular flexibility index (Phi) is 49.6. The van der Waals surface area contributed by atoms with Crippen LogP contribution in [0.4, 0.5) is 0 Å². The number of nitrogens with zero attached hydrogens (tertiary/aromatic N) is 10. The van der Waals surface area contributed by atoms with Gasteiger partial charge in [-0.25, -0.2) is 24.0 Å². The number of hydrogen-bond donors (Lipinski definition) is 10. The van der Waals surface area contributed by atoms with Crippen molar-refractivity contribution in [1.29, 1.82) is 0 Å². The highest BCUT2D eigenvalue weighted by Crippen LogP contribution is 2.26. The van der Waals surface area contributed by atoms with E-state index in [2.05, 4.69) is 53.2 Å². The maximum Gasteiger partial charge on any atom is 0.334 e. The second kappa shape index (κ2) is 63.7. The van der Waals surface area contributed by atoms with Crippen LogP contribution in [-0.4, -0.2) is 359 Å². The quantitative estimate of drug-likeness (QED) is 0.0191. The largest absolute Gasteiger partial charge is 0.355 e. The molecule has 0 bridgehead atoms. The number of rotatable bonds is 50. The summed E-state index contributed by atoms with van der Waals surface area (Å²) in [5, 5.41) is 28.1. The average Bonchev–Trinajstić information content (AvgIpc) is 1.67. The van der Waals surface area contributed by atoms with Gasteiger partial charge in [0.25, 0.3) is 59.1 Å². The maximum atomic E-state index is 12.5. The summed E-state index contributed by atoms with van der Waals surface area (Å²) in [6.07, 6.45) is 5.43. The molecule has 10 N–H and O–H groups in total. The molecule has 0 saturated carbocycles. The third kappa shape index (κ3) is 44.6. The van der Waals surface area contributed by atoms with Crippen LogP contribution in [0.5, 0.6) is 0 Å². The lowest BCUT2D eigenvalue weighted by Crippen LogP contribution is -2.45. The molecule has 5 unspecified atom stereocenters. The molecule has 50 nitrogen and oxygen atoms in total. The van der Waals surface area contributed by atoms with E-state index in [4.69, 9.17) is 31.0 Å². The van der Waals surface area contributed by atoms with Crippen LogP contribution in [0.1, 0.15) is 269 Å². The zero-order valence-corrected chi connectivity index (χ0v) is 85.0. The summed E-state index contributed by atoms with van der Waals surface area (Å²) in [5.41, 5.74) is 0. The Labute approximate surface area is 851 Å². The Bertz CT molecular complexity index is 4100. The van der Waals surface area contributed by atoms with Gasteiger partial charge in [-0.3, -0.25) is 120 Å². The lowest BCUT2D eigenvalue weighted by atomic mass is 10.1. The van der Waals surface area contributed by atoms with Crippen molar-refractivity contribution in [3.05, 3.63) is 0 Å². The van der Waals surface area contributed by atoms with E-state index in [1.807, 2.05) is 93.7 Å². The molecule has 0 aliphatic carbocycles. The third-order valence-corrected chi connectivity index (χ3v) is 22.8. The van der Waals surface area contributed by atoms with Crippen molar-refractivity contribution in [3.63, 3.8) is 0 Å². The van der Waals surface area contributed by atoms with Crippen molar-refractivity contribution in [2.75, 3.05) is 131 Å². The zero-order valence-electron chi connectivity index (χ0n) is 90.0. The fourth-order valence-corrected chi connectivity index (χ4v) is 16.1. The zero-order chi connectivity index (χ0) is 112. The minimum absolute atomic E-state index is 0.00411. The minimum atomic E-state index is -1.30. The van der Waals surface area contributed by atoms with Gasteiger partial charge in [0.15, 0.2) is 0 Å². The number of imide groups is 5. The van der Waals surface area contributed by atoms with Gasteiger partial charge in [0.05, 0.1) is 69.0 Å². The number of hydroxylamine groups is 10. The Hall–Kier alpha value is -12.4. The normalized spacial score (nSPS) is 22.7. The standard InChI is InChI=1S/5C19H30N4O6/c5*1-13(2)12-22-11-3-4-14(22)19(28)21-9-7-15(24)20-10-8-18(27)29-23-16(25)5-6-17(23)26/h5*13-14H,3-12H2,1-2H3,(H,20,24)(H,21,28)/i7+1,9+1,14D,15+1,18+1,20+1,21+1;7+1,9+1,12+1,14D,15+1,18+1,20+1;1+1,2+1,14D,15+1,18+1,20+1,21+1;1+1,2+1,13+1,14D,15+1,20+1,21+1;1+1,2+1,12+1,13+1,14D,20+1,21+1. The summed E-state index contributed by atoms with van der Waals surface area (Å²) >= 11 is 0. The van der Waals surface area contributed by atoms with Gasteiger partial charge >= 0.3 is 29.8 Å². The van der Waals surface area contributed by atoms with Crippen LogP contribution in [0.25, 0.3) is 0 Å². The van der Waals surface area contributed by atoms with Crippen LogP contribution in [0.3, 0.4) is 0 Å². The molecule has 0 aromatic heterocycles. The van der Waals surface area contributed by atoms with Crippen LogP contribution >= 0.6 is 0 Å². The average molecular weight is 2090 g/mol. The Morgan fingerprint density at radius 1 is 0.228 bits per heavy atom. The van der Waals surface area contributed by atoms with Gasteiger partial charge in [0.1, 0.15) is 0 Å². The second-order valence-electron chi connectivity index (χ2n) is 37.7. The topological polar surface area (TPSA) is 626 Å². The number of amides is 20. The predicted molar refractivity (Wildman–Crippen MR) is 509 cm³/mol. The van der Waals surface area contributed by atoms with Gasteiger partial charge in [-0.2, -0.15) is 0 Å². The van der Waals surface area contributed by atoms with Crippen molar-refractivity contribution in [3.8, 4) is 0 Å². The molecule has 10 saturated heterocycles. The molecule has 0 radical (unpaired) electrons. The van der Waals surface area contributed by atoms with Crippen molar-refractivity contribution in [1.82, 2.24) is 103 Å². The SMILES string of the molecule is [2H]C1(C(=O)N[13CH2][13CH2][13C](=O)[15NH]CC[13C](=O)ON2C(=O)CCC2=O)CCCN1[13CH2]C(C)C.[2H]C1(C(=O)[15NH]CCC(=O)[15NH]CCC(=O)ON2C(=O)CCC2=O)CCCN1[13CH2][13CH]([13CH3])[13CH3].[2H]C1(C(=O)[15NH]CC[13C](=O)[15NH]CCC(=O)ON2C(=O)CCC2=O)CCCN1C[13CH]([13CH3])[13CH3].[2H]C1(C(=O)[15NH]CC[13C](=O)[15NH]CC[13C](=O)ON2C(=O)CCC2=O)CCCN1CC([13CH3])[13CH3].[2H]C1(C(=O)[15NH][13CH2][13CH2][13C](=O)[15NH]CC[13C](=O)ON2C(=O)CCC2=O)CCCN1CC(C)C. The van der Waals surface area contributed by atoms with Gasteiger partial charge in [0, 0.05) is 194 Å². The van der Waals surface area contributed by atoms with Gasteiger partial charge < -0.3 is 77.4 Å². The van der Waals surface area contributed by atoms with Crippen molar-refractivity contribution < 1.29 is 151 Å². The van der Waals surface area contributed by atoms with E-state index in [1.54, 1.807) is 0 Å². The molecule has 10 aliphatic heterocycles. The first kappa shape index (κ1) is 113. The first-order valence-electron chi connectivity index (χ1n) is 52.5. The highest BCUT2D eigenvalue weighted by Gasteiger charge is 2.41. The van der Waals surface area contributed by atoms with Crippen LogP contribution in [0.2, 0.25) is 0 Å². The highest BCUT2D eigenvalue weighted by molar-refractivity contribution is 6.05. The molecule has 145 heavy (non-hydrogen) atoms. The fourth-order valence-electron chi connectivity index (χ4n) is 16.1. The number of likely N-dealkylation sites (tertiary alicyclic amines) is 5. The summed E-state index contributed by atoms with van der Waals surface area (Å²) in [4.78, 5) is 327. The second-order valence-corrected chi connectivity index (χ2v) is 37.7. The molecule has 5 atom stereocenters. The molecule has 10 aliphatic rings. The van der Waals surface area contributed by atoms with E-state index in [1.165, 1.54) is 0 Å². The third-order valence-electron chi connectivity index (χ3n) is 22.8. The molecular formula is C95H150N20O30. The number of carbonyl (C=O) groups is 25. The predicted octanol–water partition coefficient (Wildman–Crippen LogP) is -1.37. The number of hydrogen-bond acceptors (Lipinski definition) is 35. The van der Waals surface area contributed by atoms with Crippen molar-refractivity contribution in [2.45, 2.75) is 292 Å². The van der Waals surface area contributed by atoms with Crippen LogP contribution < -0.4 is 53.2 Å². The van der Waals surface area contributed by atoms with Crippen molar-refractivity contribution >= 4 is 148 Å². The van der Waals surface area contributed by atoms with Crippen LogP contribution in [0, 0.1) is 29.6 Å². The molecule has 10 rings (SSSR count). The van der Waals surface area contributed by atoms with E-state index >= 15 is 0 Å². The van der Waals surface area contributed by atoms with E-state index in [0.29, 0.717) is 152 Å². The molecular weight excluding hydrogens is 1930 g/mol. The maximum absolute atomic E-state index is 12.5. The van der Waals surface area contributed by atoms with Crippen LogP contribution in [0.15, 0.2) is 0 Å². The van der Waals surface area contributed by atoms with Crippen LogP contribution in [-0.2, 0) is 144 Å². The fraction of sp³-hybridized carbons (Fsp3) is 0.737. The molecule has 10 fully saturated rings. The smallest absolute Gasteiger partial charge is 0.334 e. The molecule has 0 aromatic rings. The summed E-state index contributed by atoms with van der Waals surface area (Å²) in [5.74, 6) is -11.8. The Morgan fingerprint density at radius 3 is 0.490 bits per heavy atom. The van der Waals surface area contributed by atoms with Gasteiger partial charge in [0.2, 0.25) is 59.1 Å². The summed E-state index contributed by atoms with van der Waals surface area (Å²) in [7, 11) is 0. The first-order chi connectivity index (χ1) is 70.6. The van der Waals surface area contributed by atoms with E-state index < -0.39 is 149 Å². The molecule has 10 heterocycles. The Morgan fingerprint density at radius 2 is 0.359 bits per heavy atom. The molecule has 0 aromatic carbocycles. The van der Waals surface area contributed by atoms with Gasteiger partial charge in [-0.15, -0.1) is 25.3 Å². The minimum Gasteiger partial charge on any atom is -0.355 e. The van der Waals surface area contributed by atoms with E-state index in [9.17, 15) is 120 Å². The summed E-state index contributed by atoms with van der Waals surface area (Å²) < 4.78 is 42.6. The lowest BCUT2D eigenvalue weighted by Gasteiger charge is -2.25. The number of carbonyl (C=O) groups excluding carboxylic acids is 25.